The normalized spacial score (nSPS) is 25.5. The summed E-state index contributed by atoms with van der Waals surface area (Å²) in [7, 11) is 1.42. The fourth-order valence-corrected chi connectivity index (χ4v) is 1.79. The average molecular weight is 215 g/mol. The van der Waals surface area contributed by atoms with E-state index in [0.717, 1.165) is 39.0 Å². The molecule has 4 heteroatoms. The van der Waals surface area contributed by atoms with Gasteiger partial charge in [-0.25, -0.2) is 0 Å². The van der Waals surface area contributed by atoms with Crippen LogP contribution in [0.2, 0.25) is 0 Å². The van der Waals surface area contributed by atoms with Gasteiger partial charge in [-0.3, -0.25) is 4.79 Å². The molecule has 0 aromatic heterocycles. The fraction of sp³-hybridized carbons (Fsp3) is 0.909. The van der Waals surface area contributed by atoms with Crippen LogP contribution in [0.25, 0.3) is 0 Å². The Morgan fingerprint density at radius 3 is 3.00 bits per heavy atom. The number of hydrogen-bond donors (Lipinski definition) is 1. The molecule has 88 valence electrons. The molecule has 0 aromatic rings. The predicted molar refractivity (Wildman–Crippen MR) is 57.7 cm³/mol. The number of ether oxygens (including phenoxy) is 2. The van der Waals surface area contributed by atoms with Crippen molar-refractivity contribution in [1.82, 2.24) is 5.32 Å². The highest BCUT2D eigenvalue weighted by Crippen LogP contribution is 2.23. The number of carbonyl (C=O) groups excluding carboxylic acids is 1. The number of nitrogens with one attached hydrogen (secondary N) is 1. The van der Waals surface area contributed by atoms with Crippen LogP contribution < -0.4 is 5.32 Å². The van der Waals surface area contributed by atoms with Crippen molar-refractivity contribution >= 4 is 5.97 Å². The van der Waals surface area contributed by atoms with Crippen molar-refractivity contribution in [3.8, 4) is 0 Å². The van der Waals surface area contributed by atoms with Crippen molar-refractivity contribution in [1.29, 1.82) is 0 Å². The Balaban J connectivity index is 1.99. The maximum atomic E-state index is 10.8. The van der Waals surface area contributed by atoms with E-state index in [1.165, 1.54) is 7.11 Å². The monoisotopic (exact) mass is 215 g/mol. The van der Waals surface area contributed by atoms with Crippen LogP contribution in [0.1, 0.15) is 32.6 Å². The molecule has 1 aliphatic rings. The zero-order valence-corrected chi connectivity index (χ0v) is 9.67. The second-order valence-corrected chi connectivity index (χ2v) is 4.26. The van der Waals surface area contributed by atoms with Gasteiger partial charge in [0.1, 0.15) is 0 Å². The first-order chi connectivity index (χ1) is 7.16. The Morgan fingerprint density at radius 2 is 2.40 bits per heavy atom. The zero-order valence-electron chi connectivity index (χ0n) is 9.67. The highest BCUT2D eigenvalue weighted by atomic mass is 16.5. The van der Waals surface area contributed by atoms with E-state index in [1.54, 1.807) is 0 Å². The topological polar surface area (TPSA) is 47.6 Å². The molecule has 4 nitrogen and oxygen atoms in total. The van der Waals surface area contributed by atoms with Crippen molar-refractivity contribution in [2.45, 2.75) is 38.2 Å². The van der Waals surface area contributed by atoms with Crippen LogP contribution in [0, 0.1) is 0 Å². The highest BCUT2D eigenvalue weighted by Gasteiger charge is 2.28. The van der Waals surface area contributed by atoms with Gasteiger partial charge in [-0.1, -0.05) is 0 Å². The first kappa shape index (κ1) is 12.5. The van der Waals surface area contributed by atoms with Gasteiger partial charge in [0, 0.05) is 19.6 Å². The first-order valence-electron chi connectivity index (χ1n) is 5.58. The quantitative estimate of drug-likeness (QED) is 0.532. The molecule has 0 amide bonds. The molecule has 15 heavy (non-hydrogen) atoms. The number of hydrogen-bond acceptors (Lipinski definition) is 4. The third-order valence-electron chi connectivity index (χ3n) is 2.76. The number of methoxy groups -OCH3 is 1. The third-order valence-corrected chi connectivity index (χ3v) is 2.76. The maximum Gasteiger partial charge on any atom is 0.305 e. The Labute approximate surface area is 91.3 Å². The minimum atomic E-state index is -0.139. The molecule has 1 rings (SSSR count). The minimum Gasteiger partial charge on any atom is -0.469 e. The lowest BCUT2D eigenvalue weighted by atomic mass is 10.0. The molecule has 1 saturated heterocycles. The number of esters is 1. The molecular weight excluding hydrogens is 194 g/mol. The van der Waals surface area contributed by atoms with Crippen LogP contribution >= 0.6 is 0 Å². The average Bonchev–Trinajstić information content (AvgIpc) is 2.64. The number of carbonyl (C=O) groups is 1. The van der Waals surface area contributed by atoms with E-state index in [4.69, 9.17) is 4.74 Å². The second kappa shape index (κ2) is 6.08. The van der Waals surface area contributed by atoms with E-state index in [0.29, 0.717) is 6.42 Å². The lowest BCUT2D eigenvalue weighted by Gasteiger charge is -2.23. The Bertz CT molecular complexity index is 200. The van der Waals surface area contributed by atoms with Gasteiger partial charge in [0.15, 0.2) is 0 Å². The molecule has 1 aliphatic heterocycles. The summed E-state index contributed by atoms with van der Waals surface area (Å²) in [5.41, 5.74) is 0.00522. The van der Waals surface area contributed by atoms with Crippen LogP contribution in [-0.4, -0.2) is 38.4 Å². The molecule has 1 heterocycles. The molecule has 0 spiro atoms. The van der Waals surface area contributed by atoms with Crippen molar-refractivity contribution in [3.63, 3.8) is 0 Å². The number of rotatable bonds is 6. The summed E-state index contributed by atoms with van der Waals surface area (Å²) in [5, 5.41) is 3.31. The Hall–Kier alpha value is -0.610. The SMILES string of the molecule is COC(=O)CCCNCC1(C)CCCO1. The molecule has 0 saturated carbocycles. The summed E-state index contributed by atoms with van der Waals surface area (Å²) in [6.07, 6.45) is 3.58. The predicted octanol–water partition coefficient (Wildman–Crippen LogP) is 1.10. The van der Waals surface area contributed by atoms with Gasteiger partial charge in [0.2, 0.25) is 0 Å². The molecule has 1 unspecified atom stereocenters. The first-order valence-corrected chi connectivity index (χ1v) is 5.58. The summed E-state index contributed by atoms with van der Waals surface area (Å²) in [6.45, 7) is 4.72. The van der Waals surface area contributed by atoms with Crippen molar-refractivity contribution in [2.75, 3.05) is 26.8 Å². The van der Waals surface area contributed by atoms with Gasteiger partial charge in [0.05, 0.1) is 12.7 Å². The Morgan fingerprint density at radius 1 is 1.60 bits per heavy atom. The summed E-state index contributed by atoms with van der Waals surface area (Å²) < 4.78 is 10.2. The highest BCUT2D eigenvalue weighted by molar-refractivity contribution is 5.69. The van der Waals surface area contributed by atoms with Crippen molar-refractivity contribution in [2.24, 2.45) is 0 Å². The lowest BCUT2D eigenvalue weighted by Crippen LogP contribution is -2.37. The van der Waals surface area contributed by atoms with Crippen LogP contribution in [0.3, 0.4) is 0 Å². The largest absolute Gasteiger partial charge is 0.469 e. The van der Waals surface area contributed by atoms with Crippen LogP contribution in [-0.2, 0) is 14.3 Å². The maximum absolute atomic E-state index is 10.8. The lowest BCUT2D eigenvalue weighted by molar-refractivity contribution is -0.140. The third kappa shape index (κ3) is 4.62. The van der Waals surface area contributed by atoms with Gasteiger partial charge in [-0.15, -0.1) is 0 Å². The van der Waals surface area contributed by atoms with Gasteiger partial charge < -0.3 is 14.8 Å². The molecule has 1 atom stereocenters. The van der Waals surface area contributed by atoms with Crippen molar-refractivity contribution in [3.05, 3.63) is 0 Å². The molecule has 0 radical (unpaired) electrons. The molecule has 1 N–H and O–H groups in total. The van der Waals surface area contributed by atoms with E-state index < -0.39 is 0 Å². The summed E-state index contributed by atoms with van der Waals surface area (Å²) in [4.78, 5) is 10.8. The smallest absolute Gasteiger partial charge is 0.305 e. The van der Waals surface area contributed by atoms with E-state index in [2.05, 4.69) is 17.0 Å². The molecular formula is C11H21NO3. The standard InChI is InChI=1S/C11H21NO3/c1-11(6-4-8-15-11)9-12-7-3-5-10(13)14-2/h12H,3-9H2,1-2H3. The molecule has 0 aromatic carbocycles. The Kier molecular flexibility index (Phi) is 5.05. The summed E-state index contributed by atoms with van der Waals surface area (Å²) >= 11 is 0. The van der Waals surface area contributed by atoms with Gasteiger partial charge in [-0.2, -0.15) is 0 Å². The molecule has 1 fully saturated rings. The second-order valence-electron chi connectivity index (χ2n) is 4.26. The van der Waals surface area contributed by atoms with Gasteiger partial charge >= 0.3 is 5.97 Å². The fourth-order valence-electron chi connectivity index (χ4n) is 1.79. The zero-order chi connectivity index (χ0) is 11.1. The van der Waals surface area contributed by atoms with Crippen LogP contribution in [0.5, 0.6) is 0 Å². The molecule has 0 aliphatic carbocycles. The minimum absolute atomic E-state index is 0.00522. The van der Waals surface area contributed by atoms with E-state index in [1.807, 2.05) is 0 Å². The summed E-state index contributed by atoms with van der Waals surface area (Å²) in [5.74, 6) is -0.139. The van der Waals surface area contributed by atoms with Gasteiger partial charge in [0.25, 0.3) is 0 Å². The summed E-state index contributed by atoms with van der Waals surface area (Å²) in [6, 6.07) is 0. The van der Waals surface area contributed by atoms with Crippen molar-refractivity contribution < 1.29 is 14.3 Å². The van der Waals surface area contributed by atoms with Gasteiger partial charge in [-0.05, 0) is 32.7 Å². The van der Waals surface area contributed by atoms with E-state index in [9.17, 15) is 4.79 Å². The van der Waals surface area contributed by atoms with Crippen LogP contribution in [0.15, 0.2) is 0 Å². The molecule has 0 bridgehead atoms. The van der Waals surface area contributed by atoms with E-state index in [-0.39, 0.29) is 11.6 Å². The van der Waals surface area contributed by atoms with E-state index >= 15 is 0 Å². The van der Waals surface area contributed by atoms with Crippen LogP contribution in [0.4, 0.5) is 0 Å².